The SMILES string of the molecule is C=Cc1ccc([Si](C)(C)CCCN(CC)CC)cc1. The summed E-state index contributed by atoms with van der Waals surface area (Å²) in [6.07, 6.45) is 3.24. The van der Waals surface area contributed by atoms with Crippen LogP contribution < -0.4 is 5.19 Å². The summed E-state index contributed by atoms with van der Waals surface area (Å²) in [5.41, 5.74) is 1.22. The Balaban J connectivity index is 2.56. The maximum Gasteiger partial charge on any atom is 0.0806 e. The third-order valence-corrected chi connectivity index (χ3v) is 7.60. The Hall–Kier alpha value is -0.863. The predicted octanol–water partition coefficient (Wildman–Crippen LogP) is 3.98. The quantitative estimate of drug-likeness (QED) is 0.649. The number of hydrogen-bond donors (Lipinski definition) is 0. The van der Waals surface area contributed by atoms with E-state index in [0.717, 1.165) is 0 Å². The van der Waals surface area contributed by atoms with Gasteiger partial charge in [0.25, 0.3) is 0 Å². The maximum atomic E-state index is 3.82. The minimum Gasteiger partial charge on any atom is -0.304 e. The molecule has 1 aromatic carbocycles. The third-order valence-electron chi connectivity index (χ3n) is 4.10. The summed E-state index contributed by atoms with van der Waals surface area (Å²) in [4.78, 5) is 2.52. The van der Waals surface area contributed by atoms with Crippen molar-refractivity contribution in [1.29, 1.82) is 0 Å². The van der Waals surface area contributed by atoms with E-state index >= 15 is 0 Å². The lowest BCUT2D eigenvalue weighted by Crippen LogP contribution is -2.41. The molecule has 0 N–H and O–H groups in total. The summed E-state index contributed by atoms with van der Waals surface area (Å²) in [5, 5.41) is 1.57. The van der Waals surface area contributed by atoms with Crippen LogP contribution in [0.2, 0.25) is 19.1 Å². The molecule has 2 heteroatoms. The first-order valence-corrected chi connectivity index (χ1v) is 10.7. The Labute approximate surface area is 120 Å². The second-order valence-electron chi connectivity index (χ2n) is 5.84. The Kier molecular flexibility index (Phi) is 6.53. The molecule has 0 aliphatic rings. The second-order valence-corrected chi connectivity index (χ2v) is 10.7. The molecule has 0 aromatic heterocycles. The van der Waals surface area contributed by atoms with Crippen molar-refractivity contribution in [2.24, 2.45) is 0 Å². The predicted molar refractivity (Wildman–Crippen MR) is 90.9 cm³/mol. The molecule has 0 heterocycles. The molecule has 1 nitrogen and oxygen atoms in total. The van der Waals surface area contributed by atoms with E-state index in [-0.39, 0.29) is 0 Å². The number of benzene rings is 1. The van der Waals surface area contributed by atoms with Gasteiger partial charge in [0, 0.05) is 0 Å². The van der Waals surface area contributed by atoms with Gasteiger partial charge in [-0.15, -0.1) is 0 Å². The van der Waals surface area contributed by atoms with Gasteiger partial charge in [-0.1, -0.05) is 75.1 Å². The molecule has 0 spiro atoms. The van der Waals surface area contributed by atoms with Gasteiger partial charge in [0.15, 0.2) is 0 Å². The molecule has 0 fully saturated rings. The monoisotopic (exact) mass is 275 g/mol. The molecule has 19 heavy (non-hydrogen) atoms. The van der Waals surface area contributed by atoms with Crippen LogP contribution in [0, 0.1) is 0 Å². The highest BCUT2D eigenvalue weighted by Gasteiger charge is 2.22. The van der Waals surface area contributed by atoms with Crippen molar-refractivity contribution in [3.8, 4) is 0 Å². The van der Waals surface area contributed by atoms with Crippen molar-refractivity contribution in [2.45, 2.75) is 39.4 Å². The maximum absolute atomic E-state index is 3.82. The van der Waals surface area contributed by atoms with Crippen molar-refractivity contribution in [1.82, 2.24) is 4.90 Å². The van der Waals surface area contributed by atoms with E-state index in [1.807, 2.05) is 6.08 Å². The molecule has 0 saturated heterocycles. The van der Waals surface area contributed by atoms with E-state index in [0.29, 0.717) is 0 Å². The lowest BCUT2D eigenvalue weighted by molar-refractivity contribution is 0.304. The molecule has 0 atom stereocenters. The fourth-order valence-corrected chi connectivity index (χ4v) is 4.90. The Bertz CT molecular complexity index is 377. The van der Waals surface area contributed by atoms with Gasteiger partial charge in [-0.2, -0.15) is 0 Å². The molecule has 0 amide bonds. The van der Waals surface area contributed by atoms with Crippen molar-refractivity contribution in [2.75, 3.05) is 19.6 Å². The summed E-state index contributed by atoms with van der Waals surface area (Å²) in [7, 11) is -1.27. The third kappa shape index (κ3) is 4.96. The van der Waals surface area contributed by atoms with Crippen molar-refractivity contribution in [3.05, 3.63) is 36.4 Å². The van der Waals surface area contributed by atoms with E-state index in [4.69, 9.17) is 0 Å². The number of rotatable bonds is 8. The Morgan fingerprint density at radius 3 is 2.16 bits per heavy atom. The largest absolute Gasteiger partial charge is 0.304 e. The topological polar surface area (TPSA) is 3.24 Å². The molecule has 0 unspecified atom stereocenters. The average Bonchev–Trinajstić information content (AvgIpc) is 2.43. The van der Waals surface area contributed by atoms with Crippen LogP contribution in [0.5, 0.6) is 0 Å². The zero-order valence-electron chi connectivity index (χ0n) is 13.1. The summed E-state index contributed by atoms with van der Waals surface area (Å²) in [6, 6.07) is 10.4. The number of hydrogen-bond acceptors (Lipinski definition) is 1. The molecule has 0 aliphatic carbocycles. The van der Waals surface area contributed by atoms with Crippen LogP contribution in [0.1, 0.15) is 25.8 Å². The molecule has 0 saturated carbocycles. The summed E-state index contributed by atoms with van der Waals surface area (Å²) in [5.74, 6) is 0. The number of nitrogens with zero attached hydrogens (tertiary/aromatic N) is 1. The average molecular weight is 276 g/mol. The minimum absolute atomic E-state index is 1.17. The zero-order chi connectivity index (χ0) is 14.3. The molecule has 1 aromatic rings. The van der Waals surface area contributed by atoms with Crippen LogP contribution in [0.15, 0.2) is 30.8 Å². The van der Waals surface area contributed by atoms with Crippen LogP contribution in [0.25, 0.3) is 6.08 Å². The van der Waals surface area contributed by atoms with Crippen molar-refractivity contribution in [3.63, 3.8) is 0 Å². The van der Waals surface area contributed by atoms with E-state index in [9.17, 15) is 0 Å². The van der Waals surface area contributed by atoms with Gasteiger partial charge in [-0.3, -0.25) is 0 Å². The lowest BCUT2D eigenvalue weighted by atomic mass is 10.2. The molecular weight excluding hydrogens is 246 g/mol. The highest BCUT2D eigenvalue weighted by Crippen LogP contribution is 2.14. The summed E-state index contributed by atoms with van der Waals surface area (Å²) < 4.78 is 0. The highest BCUT2D eigenvalue weighted by atomic mass is 28.3. The van der Waals surface area contributed by atoms with Gasteiger partial charge in [0.05, 0.1) is 8.07 Å². The smallest absolute Gasteiger partial charge is 0.0806 e. The van der Waals surface area contributed by atoms with Gasteiger partial charge in [0.2, 0.25) is 0 Å². The van der Waals surface area contributed by atoms with Crippen LogP contribution in [-0.2, 0) is 0 Å². The zero-order valence-corrected chi connectivity index (χ0v) is 14.1. The van der Waals surface area contributed by atoms with Gasteiger partial charge >= 0.3 is 0 Å². The first kappa shape index (κ1) is 16.2. The normalized spacial score (nSPS) is 11.8. The van der Waals surface area contributed by atoms with E-state index < -0.39 is 8.07 Å². The molecule has 0 radical (unpaired) electrons. The Morgan fingerprint density at radius 2 is 1.68 bits per heavy atom. The van der Waals surface area contributed by atoms with E-state index in [2.05, 4.69) is 62.7 Å². The van der Waals surface area contributed by atoms with Crippen LogP contribution in [0.4, 0.5) is 0 Å². The lowest BCUT2D eigenvalue weighted by Gasteiger charge is -2.25. The van der Waals surface area contributed by atoms with Gasteiger partial charge in [-0.25, -0.2) is 0 Å². The van der Waals surface area contributed by atoms with Crippen molar-refractivity contribution < 1.29 is 0 Å². The van der Waals surface area contributed by atoms with Crippen LogP contribution in [0.3, 0.4) is 0 Å². The fraction of sp³-hybridized carbons (Fsp3) is 0.529. The van der Waals surface area contributed by atoms with Gasteiger partial charge < -0.3 is 4.90 Å². The fourth-order valence-electron chi connectivity index (χ4n) is 2.50. The molecular formula is C17H29NSi. The summed E-state index contributed by atoms with van der Waals surface area (Å²) >= 11 is 0. The molecule has 1 rings (SSSR count). The van der Waals surface area contributed by atoms with E-state index in [1.54, 1.807) is 5.19 Å². The van der Waals surface area contributed by atoms with E-state index in [1.165, 1.54) is 37.7 Å². The first-order chi connectivity index (χ1) is 9.03. The minimum atomic E-state index is -1.27. The first-order valence-electron chi connectivity index (χ1n) is 7.48. The van der Waals surface area contributed by atoms with Crippen molar-refractivity contribution >= 4 is 19.3 Å². The van der Waals surface area contributed by atoms with Gasteiger partial charge in [0.1, 0.15) is 0 Å². The second kappa shape index (κ2) is 7.66. The molecule has 106 valence electrons. The van der Waals surface area contributed by atoms with Crippen LogP contribution in [-0.4, -0.2) is 32.6 Å². The van der Waals surface area contributed by atoms with Gasteiger partial charge in [-0.05, 0) is 31.6 Å². The summed E-state index contributed by atoms with van der Waals surface area (Å²) in [6.45, 7) is 16.9. The molecule has 0 aliphatic heterocycles. The molecule has 0 bridgehead atoms. The highest BCUT2D eigenvalue weighted by molar-refractivity contribution is 6.89. The standard InChI is InChI=1S/C17H29NSi/c1-6-16-10-12-17(13-11-16)19(4,5)15-9-14-18(7-2)8-3/h6,10-13H,1,7-9,14-15H2,2-5H3. The Morgan fingerprint density at radius 1 is 1.11 bits per heavy atom. The van der Waals surface area contributed by atoms with Crippen LogP contribution >= 0.6 is 0 Å².